The average Bonchev–Trinajstić information content (AvgIpc) is 3.82. The van der Waals surface area contributed by atoms with E-state index < -0.39 is 0 Å². The number of methoxy groups -OCH3 is 1. The predicted octanol–water partition coefficient (Wildman–Crippen LogP) is 5.75. The van der Waals surface area contributed by atoms with Gasteiger partial charge in [0.1, 0.15) is 11.5 Å². The molecule has 0 atom stereocenters. The number of pyridine rings is 1. The molecule has 2 heterocycles. The molecular formula is C33H41N3O5. The molecule has 2 N–H and O–H groups in total. The molecule has 2 aliphatic rings. The van der Waals surface area contributed by atoms with Gasteiger partial charge in [0, 0.05) is 49.6 Å². The molecule has 0 radical (unpaired) electrons. The van der Waals surface area contributed by atoms with Crippen LogP contribution in [0, 0.1) is 11.8 Å². The van der Waals surface area contributed by atoms with Crippen molar-refractivity contribution in [2.45, 2.75) is 65.0 Å². The van der Waals surface area contributed by atoms with Gasteiger partial charge < -0.3 is 24.8 Å². The van der Waals surface area contributed by atoms with Gasteiger partial charge in [-0.15, -0.1) is 0 Å². The number of aromatic nitrogens is 1. The smallest absolute Gasteiger partial charge is 0.222 e. The average molecular weight is 560 g/mol. The quantitative estimate of drug-likeness (QED) is 0.257. The van der Waals surface area contributed by atoms with Crippen LogP contribution in [0.1, 0.15) is 73.4 Å². The highest BCUT2D eigenvalue weighted by molar-refractivity contribution is 6.08. The van der Waals surface area contributed by atoms with Crippen molar-refractivity contribution >= 4 is 28.3 Å². The van der Waals surface area contributed by atoms with E-state index in [4.69, 9.17) is 9.47 Å². The van der Waals surface area contributed by atoms with E-state index in [0.717, 1.165) is 67.6 Å². The van der Waals surface area contributed by atoms with Crippen molar-refractivity contribution in [2.24, 2.45) is 11.8 Å². The summed E-state index contributed by atoms with van der Waals surface area (Å²) in [6, 6.07) is 11.6. The fourth-order valence-corrected chi connectivity index (χ4v) is 5.48. The maximum absolute atomic E-state index is 13.3. The van der Waals surface area contributed by atoms with Gasteiger partial charge in [0.05, 0.1) is 37.1 Å². The van der Waals surface area contributed by atoms with Gasteiger partial charge in [0.15, 0.2) is 5.78 Å². The third-order valence-electron chi connectivity index (χ3n) is 8.23. The summed E-state index contributed by atoms with van der Waals surface area (Å²) in [4.78, 5) is 32.2. The Hall–Kier alpha value is -3.65. The molecule has 8 heteroatoms. The minimum Gasteiger partial charge on any atom is -0.497 e. The summed E-state index contributed by atoms with van der Waals surface area (Å²) in [5, 5.41) is 14.5. The highest BCUT2D eigenvalue weighted by Gasteiger charge is 2.27. The van der Waals surface area contributed by atoms with E-state index in [0.29, 0.717) is 60.2 Å². The van der Waals surface area contributed by atoms with Gasteiger partial charge >= 0.3 is 0 Å². The molecule has 0 bridgehead atoms. The third-order valence-corrected chi connectivity index (χ3v) is 8.23. The summed E-state index contributed by atoms with van der Waals surface area (Å²) in [5.74, 6) is 2.52. The van der Waals surface area contributed by atoms with E-state index in [9.17, 15) is 14.7 Å². The molecule has 0 spiro atoms. The minimum atomic E-state index is -0.173. The Balaban J connectivity index is 1.38. The first kappa shape index (κ1) is 28.9. The summed E-state index contributed by atoms with van der Waals surface area (Å²) in [7, 11) is 1.64. The van der Waals surface area contributed by atoms with Crippen LogP contribution in [0.25, 0.3) is 10.9 Å². The van der Waals surface area contributed by atoms with E-state index in [-0.39, 0.29) is 18.3 Å². The van der Waals surface area contributed by atoms with Crippen molar-refractivity contribution in [3.8, 4) is 11.5 Å². The Bertz CT molecular complexity index is 1360. The number of Topliss-reactive ketones (excluding diaryl/α,β-unsaturated/α-hetero) is 1. The van der Waals surface area contributed by atoms with E-state index in [2.05, 4.69) is 10.3 Å². The zero-order chi connectivity index (χ0) is 28.8. The van der Waals surface area contributed by atoms with Crippen LogP contribution >= 0.6 is 0 Å². The number of piperidine rings is 1. The minimum absolute atomic E-state index is 0.0946. The number of anilines is 1. The Morgan fingerprint density at radius 1 is 1.07 bits per heavy atom. The number of benzene rings is 2. The number of aliphatic hydroxyl groups excluding tert-OH is 1. The summed E-state index contributed by atoms with van der Waals surface area (Å²) in [6.07, 6.45) is 7.66. The molecule has 1 amide bonds. The second-order valence-electron chi connectivity index (χ2n) is 11.3. The highest BCUT2D eigenvalue weighted by Crippen LogP contribution is 2.37. The van der Waals surface area contributed by atoms with Crippen LogP contribution in [0.4, 0.5) is 5.69 Å². The van der Waals surface area contributed by atoms with Crippen LogP contribution in [-0.2, 0) is 17.9 Å². The van der Waals surface area contributed by atoms with Crippen LogP contribution in [-0.4, -0.2) is 53.5 Å². The normalized spacial score (nSPS) is 15.6. The van der Waals surface area contributed by atoms with Gasteiger partial charge in [-0.1, -0.05) is 19.1 Å². The van der Waals surface area contributed by atoms with Crippen LogP contribution < -0.4 is 14.8 Å². The molecule has 218 valence electrons. The number of ketones is 1. The van der Waals surface area contributed by atoms with Crippen molar-refractivity contribution in [3.63, 3.8) is 0 Å². The Morgan fingerprint density at radius 2 is 1.83 bits per heavy atom. The SMILES string of the molecule is CCCC(=O)N1CCC(COc2cc3c(NCc4ccc(OC)cc4)c(C(=O)CC4CC4)cnc3cc2CO)CC1. The first-order valence-corrected chi connectivity index (χ1v) is 14.9. The van der Waals surface area contributed by atoms with Gasteiger partial charge in [-0.05, 0) is 73.8 Å². The summed E-state index contributed by atoms with van der Waals surface area (Å²) in [6.45, 7) is 4.41. The molecular weight excluding hydrogens is 518 g/mol. The second-order valence-corrected chi connectivity index (χ2v) is 11.3. The lowest BCUT2D eigenvalue weighted by Crippen LogP contribution is -2.39. The number of aliphatic hydroxyl groups is 1. The monoisotopic (exact) mass is 559 g/mol. The lowest BCUT2D eigenvalue weighted by Gasteiger charge is -2.32. The van der Waals surface area contributed by atoms with E-state index in [1.54, 1.807) is 13.3 Å². The zero-order valence-electron chi connectivity index (χ0n) is 24.2. The Labute approximate surface area is 242 Å². The fourth-order valence-electron chi connectivity index (χ4n) is 5.48. The van der Waals surface area contributed by atoms with Crippen molar-refractivity contribution in [3.05, 3.63) is 59.3 Å². The van der Waals surface area contributed by atoms with Gasteiger partial charge in [-0.25, -0.2) is 0 Å². The predicted molar refractivity (Wildman–Crippen MR) is 159 cm³/mol. The largest absolute Gasteiger partial charge is 0.497 e. The number of fused-ring (bicyclic) bond motifs is 1. The molecule has 5 rings (SSSR count). The number of ether oxygens (including phenoxy) is 2. The number of hydrogen-bond donors (Lipinski definition) is 2. The molecule has 1 aliphatic heterocycles. The maximum atomic E-state index is 13.3. The lowest BCUT2D eigenvalue weighted by molar-refractivity contribution is -0.132. The number of hydrogen-bond acceptors (Lipinski definition) is 7. The second kappa shape index (κ2) is 13.3. The first-order chi connectivity index (χ1) is 20.0. The zero-order valence-corrected chi connectivity index (χ0v) is 24.2. The molecule has 3 aromatic rings. The van der Waals surface area contributed by atoms with E-state index in [1.165, 1.54) is 0 Å². The number of nitrogens with zero attached hydrogens (tertiary/aromatic N) is 2. The molecule has 1 aromatic heterocycles. The van der Waals surface area contributed by atoms with Gasteiger partial charge in [0.25, 0.3) is 0 Å². The van der Waals surface area contributed by atoms with Gasteiger partial charge in [0.2, 0.25) is 5.91 Å². The molecule has 41 heavy (non-hydrogen) atoms. The van der Waals surface area contributed by atoms with Crippen LogP contribution in [0.3, 0.4) is 0 Å². The molecule has 1 aliphatic carbocycles. The standard InChI is InChI=1S/C33H41N3O5/c1-3-4-32(39)36-13-11-24(12-14-36)21-41-31-17-27-29(16-25(31)20-37)34-19-28(30(38)15-22-5-6-22)33(27)35-18-23-7-9-26(40-2)10-8-23/h7-10,16-17,19,22,24,37H,3-6,11-15,18,20-21H2,1-2H3,(H,34,35). The number of rotatable bonds is 13. The molecule has 2 fully saturated rings. The molecule has 2 aromatic carbocycles. The highest BCUT2D eigenvalue weighted by atomic mass is 16.5. The number of nitrogens with one attached hydrogen (secondary N) is 1. The number of carbonyl (C=O) groups excluding carboxylic acids is 2. The first-order valence-electron chi connectivity index (χ1n) is 14.9. The Kier molecular flexibility index (Phi) is 9.39. The molecule has 1 saturated carbocycles. The van der Waals surface area contributed by atoms with Crippen LogP contribution in [0.15, 0.2) is 42.6 Å². The maximum Gasteiger partial charge on any atom is 0.222 e. The summed E-state index contributed by atoms with van der Waals surface area (Å²) >= 11 is 0. The van der Waals surface area contributed by atoms with Crippen molar-refractivity contribution in [2.75, 3.05) is 32.1 Å². The molecule has 1 saturated heterocycles. The molecule has 8 nitrogen and oxygen atoms in total. The van der Waals surface area contributed by atoms with Crippen molar-refractivity contribution < 1.29 is 24.2 Å². The van der Waals surface area contributed by atoms with Crippen molar-refractivity contribution in [1.29, 1.82) is 0 Å². The number of carbonyl (C=O) groups is 2. The van der Waals surface area contributed by atoms with Gasteiger partial charge in [-0.3, -0.25) is 14.6 Å². The fraction of sp³-hybridized carbons (Fsp3) is 0.485. The topological polar surface area (TPSA) is 101 Å². The summed E-state index contributed by atoms with van der Waals surface area (Å²) in [5.41, 5.74) is 3.75. The van der Waals surface area contributed by atoms with Crippen molar-refractivity contribution in [1.82, 2.24) is 9.88 Å². The van der Waals surface area contributed by atoms with Crippen LogP contribution in [0.5, 0.6) is 11.5 Å². The third kappa shape index (κ3) is 7.17. The lowest BCUT2D eigenvalue weighted by atomic mass is 9.97. The summed E-state index contributed by atoms with van der Waals surface area (Å²) < 4.78 is 11.6. The van der Waals surface area contributed by atoms with E-state index in [1.807, 2.05) is 48.2 Å². The van der Waals surface area contributed by atoms with Crippen LogP contribution in [0.2, 0.25) is 0 Å². The number of likely N-dealkylation sites (tertiary alicyclic amines) is 1. The van der Waals surface area contributed by atoms with Gasteiger partial charge in [-0.2, -0.15) is 0 Å². The van der Waals surface area contributed by atoms with E-state index >= 15 is 0 Å². The number of amides is 1. The Morgan fingerprint density at radius 3 is 2.49 bits per heavy atom. The molecule has 0 unspecified atom stereocenters.